The molecule has 0 aliphatic carbocycles. The highest BCUT2D eigenvalue weighted by atomic mass is 35.5. The zero-order valence-electron chi connectivity index (χ0n) is 12.4. The molecule has 4 nitrogen and oxygen atoms in total. The Morgan fingerprint density at radius 1 is 1.43 bits per heavy atom. The lowest BCUT2D eigenvalue weighted by Crippen LogP contribution is -2.52. The van der Waals surface area contributed by atoms with E-state index in [4.69, 9.17) is 16.3 Å². The average Bonchev–Trinajstić information content (AvgIpc) is 2.40. The van der Waals surface area contributed by atoms with Crippen molar-refractivity contribution in [1.82, 2.24) is 4.90 Å². The summed E-state index contributed by atoms with van der Waals surface area (Å²) in [4.78, 5) is 14.4. The third-order valence-electron chi connectivity index (χ3n) is 3.56. The number of nitrogens with zero attached hydrogens (tertiary/aromatic N) is 1. The van der Waals surface area contributed by atoms with Gasteiger partial charge < -0.3 is 10.1 Å². The molecule has 1 amide bonds. The molecule has 1 fully saturated rings. The van der Waals surface area contributed by atoms with Crippen LogP contribution in [0.15, 0.2) is 18.2 Å². The molecule has 6 heteroatoms. The van der Waals surface area contributed by atoms with Crippen LogP contribution in [-0.2, 0) is 9.53 Å². The third kappa shape index (κ3) is 4.15. The number of amides is 1. The lowest BCUT2D eigenvalue weighted by atomic mass is 10.1. The smallest absolute Gasteiger partial charge is 0.241 e. The first-order chi connectivity index (χ1) is 9.86. The van der Waals surface area contributed by atoms with E-state index in [0.29, 0.717) is 18.8 Å². The van der Waals surface area contributed by atoms with Gasteiger partial charge in [-0.3, -0.25) is 9.69 Å². The highest BCUT2D eigenvalue weighted by Crippen LogP contribution is 2.23. The second-order valence-corrected chi connectivity index (χ2v) is 5.91. The first kappa shape index (κ1) is 16.2. The molecule has 1 aromatic rings. The van der Waals surface area contributed by atoms with E-state index in [0.717, 1.165) is 0 Å². The molecule has 1 saturated heterocycles. The maximum Gasteiger partial charge on any atom is 0.241 e. The summed E-state index contributed by atoms with van der Waals surface area (Å²) in [6.45, 7) is 7.23. The van der Waals surface area contributed by atoms with Crippen LogP contribution in [0.5, 0.6) is 0 Å². The van der Waals surface area contributed by atoms with Gasteiger partial charge in [0.05, 0.1) is 29.0 Å². The summed E-state index contributed by atoms with van der Waals surface area (Å²) < 4.78 is 18.7. The van der Waals surface area contributed by atoms with E-state index < -0.39 is 5.82 Å². The zero-order chi connectivity index (χ0) is 15.6. The summed E-state index contributed by atoms with van der Waals surface area (Å²) >= 11 is 5.92. The number of hydrogen-bond acceptors (Lipinski definition) is 3. The topological polar surface area (TPSA) is 41.6 Å². The van der Waals surface area contributed by atoms with Gasteiger partial charge in [-0.15, -0.1) is 0 Å². The molecule has 0 spiro atoms. The Kier molecular flexibility index (Phi) is 5.19. The van der Waals surface area contributed by atoms with Crippen LogP contribution in [0.3, 0.4) is 0 Å². The minimum atomic E-state index is -0.429. The summed E-state index contributed by atoms with van der Waals surface area (Å²) in [6.07, 6.45) is 0.191. The van der Waals surface area contributed by atoms with Crippen LogP contribution in [0.25, 0.3) is 0 Å². The van der Waals surface area contributed by atoms with E-state index in [-0.39, 0.29) is 29.2 Å². The number of nitrogens with one attached hydrogen (secondary N) is 1. The van der Waals surface area contributed by atoms with Crippen LogP contribution in [0, 0.1) is 5.82 Å². The second kappa shape index (κ2) is 6.73. The zero-order valence-corrected chi connectivity index (χ0v) is 13.2. The van der Waals surface area contributed by atoms with E-state index in [1.54, 1.807) is 0 Å². The van der Waals surface area contributed by atoms with Gasteiger partial charge in [0.25, 0.3) is 0 Å². The molecule has 1 aromatic carbocycles. The Balaban J connectivity index is 2.02. The molecule has 1 heterocycles. The fourth-order valence-corrected chi connectivity index (χ4v) is 2.74. The van der Waals surface area contributed by atoms with Crippen molar-refractivity contribution < 1.29 is 13.9 Å². The summed E-state index contributed by atoms with van der Waals surface area (Å²) in [5, 5.41) is 2.94. The fraction of sp³-hybridized carbons (Fsp3) is 0.533. The number of halogens is 2. The molecule has 21 heavy (non-hydrogen) atoms. The number of hydrogen-bond donors (Lipinski definition) is 1. The number of anilines is 1. The van der Waals surface area contributed by atoms with E-state index in [9.17, 15) is 9.18 Å². The van der Waals surface area contributed by atoms with Gasteiger partial charge >= 0.3 is 0 Å². The number of morpholine rings is 1. The maximum absolute atomic E-state index is 13.0. The van der Waals surface area contributed by atoms with Crippen molar-refractivity contribution in [1.29, 1.82) is 0 Å². The van der Waals surface area contributed by atoms with Gasteiger partial charge in [0.1, 0.15) is 5.82 Å². The van der Waals surface area contributed by atoms with Gasteiger partial charge in [0, 0.05) is 13.1 Å². The van der Waals surface area contributed by atoms with Crippen LogP contribution in [0.1, 0.15) is 20.8 Å². The Bertz CT molecular complexity index is 516. The van der Waals surface area contributed by atoms with Gasteiger partial charge in [0.2, 0.25) is 5.91 Å². The van der Waals surface area contributed by atoms with Gasteiger partial charge in [-0.05, 0) is 39.0 Å². The van der Waals surface area contributed by atoms with Crippen LogP contribution in [0.2, 0.25) is 5.02 Å². The quantitative estimate of drug-likeness (QED) is 0.932. The Morgan fingerprint density at radius 3 is 2.62 bits per heavy atom. The van der Waals surface area contributed by atoms with Crippen LogP contribution < -0.4 is 5.32 Å². The fourth-order valence-electron chi connectivity index (χ4n) is 2.53. The molecule has 1 aliphatic heterocycles. The van der Waals surface area contributed by atoms with E-state index in [1.165, 1.54) is 18.2 Å². The summed E-state index contributed by atoms with van der Waals surface area (Å²) in [5.41, 5.74) is 0.421. The maximum atomic E-state index is 13.0. The molecule has 1 aliphatic rings. The Morgan fingerprint density at radius 2 is 2.05 bits per heavy atom. The predicted octanol–water partition coefficient (Wildman–Crippen LogP) is 2.92. The third-order valence-corrected chi connectivity index (χ3v) is 3.88. The number of carbonyl (C=O) groups is 1. The van der Waals surface area contributed by atoms with Crippen LogP contribution >= 0.6 is 11.6 Å². The largest absolute Gasteiger partial charge is 0.373 e. The number of ether oxygens (including phenoxy) is 1. The van der Waals surface area contributed by atoms with Crippen molar-refractivity contribution in [2.45, 2.75) is 39.0 Å². The van der Waals surface area contributed by atoms with Crippen molar-refractivity contribution in [3.05, 3.63) is 29.0 Å². The first-order valence-electron chi connectivity index (χ1n) is 7.02. The van der Waals surface area contributed by atoms with Crippen molar-refractivity contribution in [3.63, 3.8) is 0 Å². The highest BCUT2D eigenvalue weighted by molar-refractivity contribution is 6.33. The van der Waals surface area contributed by atoms with E-state index >= 15 is 0 Å². The van der Waals surface area contributed by atoms with Crippen molar-refractivity contribution in [2.75, 3.05) is 18.4 Å². The standard InChI is InChI=1S/C15H20ClFN2O2/c1-9-7-19(8-10(2)21-9)11(3)15(20)18-14-5-4-12(17)6-13(14)16/h4-6,9-11H,7-8H2,1-3H3,(H,18,20)/t9-,10-,11-/m0/s1. The van der Waals surface area contributed by atoms with Gasteiger partial charge in [-0.25, -0.2) is 4.39 Å². The molecular weight excluding hydrogens is 295 g/mol. The van der Waals surface area contributed by atoms with Crippen molar-refractivity contribution in [3.8, 4) is 0 Å². The number of benzene rings is 1. The average molecular weight is 315 g/mol. The lowest BCUT2D eigenvalue weighted by Gasteiger charge is -2.38. The lowest BCUT2D eigenvalue weighted by molar-refractivity contribution is -0.126. The SMILES string of the molecule is C[C@H]1CN([C@@H](C)C(=O)Nc2ccc(F)cc2Cl)C[C@H](C)O1. The van der Waals surface area contributed by atoms with Gasteiger partial charge in [-0.2, -0.15) is 0 Å². The first-order valence-corrected chi connectivity index (χ1v) is 7.40. The summed E-state index contributed by atoms with van der Waals surface area (Å²) in [7, 11) is 0. The van der Waals surface area contributed by atoms with E-state index in [2.05, 4.69) is 10.2 Å². The minimum absolute atomic E-state index is 0.0957. The molecule has 0 aromatic heterocycles. The summed E-state index contributed by atoms with van der Waals surface area (Å²) in [5.74, 6) is -0.591. The molecule has 1 N–H and O–H groups in total. The van der Waals surface area contributed by atoms with Crippen LogP contribution in [0.4, 0.5) is 10.1 Å². The monoisotopic (exact) mass is 314 g/mol. The molecule has 0 bridgehead atoms. The predicted molar refractivity (Wildman–Crippen MR) is 81.1 cm³/mol. The molecule has 0 unspecified atom stereocenters. The molecule has 2 rings (SSSR count). The molecular formula is C15H20ClFN2O2. The minimum Gasteiger partial charge on any atom is -0.373 e. The molecule has 0 radical (unpaired) electrons. The number of rotatable bonds is 3. The Labute approximate surface area is 129 Å². The normalized spacial score (nSPS) is 24.6. The van der Waals surface area contributed by atoms with Gasteiger partial charge in [0.15, 0.2) is 0 Å². The Hall–Kier alpha value is -1.17. The highest BCUT2D eigenvalue weighted by Gasteiger charge is 2.29. The molecule has 0 saturated carbocycles. The molecule has 116 valence electrons. The van der Waals surface area contributed by atoms with Crippen molar-refractivity contribution >= 4 is 23.2 Å². The second-order valence-electron chi connectivity index (χ2n) is 5.50. The van der Waals surface area contributed by atoms with Crippen molar-refractivity contribution in [2.24, 2.45) is 0 Å². The summed E-state index contributed by atoms with van der Waals surface area (Å²) in [6, 6.07) is 3.61. The number of carbonyl (C=O) groups excluding carboxylic acids is 1. The van der Waals surface area contributed by atoms with Gasteiger partial charge in [-0.1, -0.05) is 11.6 Å². The molecule has 3 atom stereocenters. The van der Waals surface area contributed by atoms with Crippen LogP contribution in [-0.4, -0.2) is 42.1 Å². The van der Waals surface area contributed by atoms with E-state index in [1.807, 2.05) is 20.8 Å².